The standard InChI is InChI=1S/C17H17N5O3/c1-2-25-16(24)11-5-3-10(8-14(11)23)9-4-6-13-12(7-9)15(22-19)21-17(18)20-13/h3-8,23H,2,19H2,1H3,(H3,18,20,21,22). The molecule has 25 heavy (non-hydrogen) atoms. The van der Waals surface area contributed by atoms with Gasteiger partial charge in [0.1, 0.15) is 11.3 Å². The lowest BCUT2D eigenvalue weighted by Gasteiger charge is -2.10. The van der Waals surface area contributed by atoms with Crippen molar-refractivity contribution >= 4 is 28.6 Å². The van der Waals surface area contributed by atoms with Crippen LogP contribution in [0.3, 0.4) is 0 Å². The summed E-state index contributed by atoms with van der Waals surface area (Å²) in [6.45, 7) is 1.94. The number of aromatic hydroxyl groups is 1. The summed E-state index contributed by atoms with van der Waals surface area (Å²) < 4.78 is 4.90. The first-order valence-electron chi connectivity index (χ1n) is 7.58. The minimum atomic E-state index is -0.566. The van der Waals surface area contributed by atoms with E-state index in [2.05, 4.69) is 15.4 Å². The van der Waals surface area contributed by atoms with Crippen molar-refractivity contribution in [1.29, 1.82) is 0 Å². The molecule has 8 nitrogen and oxygen atoms in total. The van der Waals surface area contributed by atoms with E-state index in [0.29, 0.717) is 22.3 Å². The normalized spacial score (nSPS) is 10.6. The van der Waals surface area contributed by atoms with Crippen LogP contribution >= 0.6 is 0 Å². The molecule has 0 bridgehead atoms. The number of anilines is 2. The van der Waals surface area contributed by atoms with Crippen LogP contribution in [0.15, 0.2) is 36.4 Å². The second kappa shape index (κ2) is 6.62. The Kier molecular flexibility index (Phi) is 4.36. The van der Waals surface area contributed by atoms with Gasteiger partial charge in [0.05, 0.1) is 12.1 Å². The molecule has 0 amide bonds. The Labute approximate surface area is 143 Å². The molecule has 0 aliphatic carbocycles. The molecule has 0 aliphatic rings. The van der Waals surface area contributed by atoms with Gasteiger partial charge >= 0.3 is 5.97 Å². The molecular formula is C17H17N5O3. The zero-order valence-corrected chi connectivity index (χ0v) is 13.5. The van der Waals surface area contributed by atoms with Gasteiger partial charge in [0.15, 0.2) is 5.82 Å². The van der Waals surface area contributed by atoms with Crippen LogP contribution in [-0.2, 0) is 4.74 Å². The van der Waals surface area contributed by atoms with Crippen LogP contribution < -0.4 is 17.0 Å². The number of nitrogens with zero attached hydrogens (tertiary/aromatic N) is 2. The number of nitrogens with one attached hydrogen (secondary N) is 1. The second-order valence-corrected chi connectivity index (χ2v) is 5.26. The van der Waals surface area contributed by atoms with Crippen molar-refractivity contribution in [1.82, 2.24) is 9.97 Å². The molecule has 8 heteroatoms. The first kappa shape index (κ1) is 16.5. The quantitative estimate of drug-likeness (QED) is 0.322. The third kappa shape index (κ3) is 3.15. The molecule has 3 aromatic rings. The van der Waals surface area contributed by atoms with E-state index >= 15 is 0 Å². The fraction of sp³-hybridized carbons (Fsp3) is 0.118. The summed E-state index contributed by atoms with van der Waals surface area (Å²) in [5.41, 5.74) is 10.4. The molecule has 2 aromatic carbocycles. The smallest absolute Gasteiger partial charge is 0.341 e. The molecule has 0 radical (unpaired) electrons. The molecule has 6 N–H and O–H groups in total. The average Bonchev–Trinajstić information content (AvgIpc) is 2.60. The fourth-order valence-corrected chi connectivity index (χ4v) is 2.53. The summed E-state index contributed by atoms with van der Waals surface area (Å²) in [5.74, 6) is 5.29. The predicted octanol–water partition coefficient (Wildman–Crippen LogP) is 2.05. The summed E-state index contributed by atoms with van der Waals surface area (Å²) in [6, 6.07) is 10.2. The molecule has 1 aromatic heterocycles. The van der Waals surface area contributed by atoms with Crippen molar-refractivity contribution in [3.8, 4) is 16.9 Å². The molecule has 0 saturated carbocycles. The van der Waals surface area contributed by atoms with E-state index in [1.165, 1.54) is 12.1 Å². The Morgan fingerprint density at radius 2 is 1.92 bits per heavy atom. The number of phenols is 1. The van der Waals surface area contributed by atoms with E-state index in [4.69, 9.17) is 16.3 Å². The number of esters is 1. The average molecular weight is 339 g/mol. The van der Waals surface area contributed by atoms with Crippen LogP contribution in [0.1, 0.15) is 17.3 Å². The van der Waals surface area contributed by atoms with Crippen molar-refractivity contribution in [2.24, 2.45) is 5.84 Å². The van der Waals surface area contributed by atoms with Gasteiger partial charge in [0.2, 0.25) is 5.95 Å². The van der Waals surface area contributed by atoms with Crippen LogP contribution in [0.2, 0.25) is 0 Å². The number of phenolic OH excluding ortho intramolecular Hbond substituents is 1. The molecule has 0 aliphatic heterocycles. The molecule has 0 unspecified atom stereocenters. The lowest BCUT2D eigenvalue weighted by molar-refractivity contribution is 0.0523. The molecule has 1 heterocycles. The van der Waals surface area contributed by atoms with E-state index in [9.17, 15) is 9.90 Å². The van der Waals surface area contributed by atoms with Gasteiger partial charge in [-0.2, -0.15) is 4.98 Å². The van der Waals surface area contributed by atoms with Crippen LogP contribution in [0.25, 0.3) is 22.0 Å². The highest BCUT2D eigenvalue weighted by molar-refractivity contribution is 5.95. The minimum Gasteiger partial charge on any atom is -0.507 e. The van der Waals surface area contributed by atoms with Gasteiger partial charge in [-0.25, -0.2) is 15.6 Å². The predicted molar refractivity (Wildman–Crippen MR) is 94.8 cm³/mol. The van der Waals surface area contributed by atoms with Crippen molar-refractivity contribution in [3.05, 3.63) is 42.0 Å². The second-order valence-electron chi connectivity index (χ2n) is 5.26. The maximum absolute atomic E-state index is 11.8. The van der Waals surface area contributed by atoms with Crippen molar-refractivity contribution in [2.45, 2.75) is 6.92 Å². The van der Waals surface area contributed by atoms with Crippen molar-refractivity contribution < 1.29 is 14.6 Å². The number of hydrazine groups is 1. The zero-order valence-electron chi connectivity index (χ0n) is 13.5. The number of fused-ring (bicyclic) bond motifs is 1. The maximum atomic E-state index is 11.8. The number of nitrogen functional groups attached to an aromatic ring is 2. The number of carbonyl (C=O) groups excluding carboxylic acids is 1. The van der Waals surface area contributed by atoms with Crippen LogP contribution in [0.4, 0.5) is 11.8 Å². The summed E-state index contributed by atoms with van der Waals surface area (Å²) in [6.07, 6.45) is 0. The first-order chi connectivity index (χ1) is 12.0. The SMILES string of the molecule is CCOC(=O)c1ccc(-c2ccc3nc(N)nc(NN)c3c2)cc1O. The number of rotatable bonds is 4. The minimum absolute atomic E-state index is 0.115. The van der Waals surface area contributed by atoms with Gasteiger partial charge in [-0.15, -0.1) is 0 Å². The van der Waals surface area contributed by atoms with Gasteiger partial charge in [0.25, 0.3) is 0 Å². The first-order valence-corrected chi connectivity index (χ1v) is 7.58. The van der Waals surface area contributed by atoms with Crippen molar-refractivity contribution in [3.63, 3.8) is 0 Å². The Hall–Kier alpha value is -3.39. The number of nitrogens with two attached hydrogens (primary N) is 2. The van der Waals surface area contributed by atoms with Gasteiger partial charge in [-0.05, 0) is 42.3 Å². The Morgan fingerprint density at radius 1 is 1.20 bits per heavy atom. The van der Waals surface area contributed by atoms with Gasteiger partial charge in [0, 0.05) is 5.39 Å². The van der Waals surface area contributed by atoms with E-state index in [1.54, 1.807) is 19.1 Å². The third-order valence-corrected chi connectivity index (χ3v) is 3.68. The molecule has 0 atom stereocenters. The number of carbonyl (C=O) groups is 1. The fourth-order valence-electron chi connectivity index (χ4n) is 2.53. The van der Waals surface area contributed by atoms with Gasteiger partial charge < -0.3 is 21.0 Å². The maximum Gasteiger partial charge on any atom is 0.341 e. The zero-order chi connectivity index (χ0) is 18.0. The summed E-state index contributed by atoms with van der Waals surface area (Å²) >= 11 is 0. The van der Waals surface area contributed by atoms with E-state index in [-0.39, 0.29) is 23.9 Å². The summed E-state index contributed by atoms with van der Waals surface area (Å²) in [7, 11) is 0. The van der Waals surface area contributed by atoms with E-state index < -0.39 is 5.97 Å². The molecular weight excluding hydrogens is 322 g/mol. The Morgan fingerprint density at radius 3 is 2.60 bits per heavy atom. The highest BCUT2D eigenvalue weighted by atomic mass is 16.5. The topological polar surface area (TPSA) is 136 Å². The molecule has 3 rings (SSSR count). The monoisotopic (exact) mass is 339 g/mol. The molecule has 0 spiro atoms. The van der Waals surface area contributed by atoms with E-state index in [1.807, 2.05) is 12.1 Å². The summed E-state index contributed by atoms with van der Waals surface area (Å²) in [5, 5.41) is 10.8. The Bertz CT molecular complexity index is 958. The lowest BCUT2D eigenvalue weighted by atomic mass is 10.0. The van der Waals surface area contributed by atoms with Gasteiger partial charge in [-0.3, -0.25) is 0 Å². The number of aromatic nitrogens is 2. The highest BCUT2D eigenvalue weighted by Crippen LogP contribution is 2.30. The molecule has 0 fully saturated rings. The van der Waals surface area contributed by atoms with Crippen LogP contribution in [0.5, 0.6) is 5.75 Å². The summed E-state index contributed by atoms with van der Waals surface area (Å²) in [4.78, 5) is 20.0. The molecule has 128 valence electrons. The largest absolute Gasteiger partial charge is 0.507 e. The van der Waals surface area contributed by atoms with Gasteiger partial charge in [-0.1, -0.05) is 12.1 Å². The third-order valence-electron chi connectivity index (χ3n) is 3.68. The van der Waals surface area contributed by atoms with Crippen molar-refractivity contribution in [2.75, 3.05) is 17.8 Å². The number of benzene rings is 2. The lowest BCUT2D eigenvalue weighted by Crippen LogP contribution is -2.11. The molecule has 0 saturated heterocycles. The number of hydrogen-bond acceptors (Lipinski definition) is 8. The number of hydrogen-bond donors (Lipinski definition) is 4. The Balaban J connectivity index is 2.06. The van der Waals surface area contributed by atoms with Crippen LogP contribution in [-0.4, -0.2) is 27.7 Å². The highest BCUT2D eigenvalue weighted by Gasteiger charge is 2.14. The number of ether oxygens (including phenoxy) is 1. The van der Waals surface area contributed by atoms with E-state index in [0.717, 1.165) is 5.56 Å². The van der Waals surface area contributed by atoms with Crippen LogP contribution in [0, 0.1) is 0 Å².